The first kappa shape index (κ1) is 18.0. The van der Waals surface area contributed by atoms with Crippen LogP contribution in [0.3, 0.4) is 0 Å². The summed E-state index contributed by atoms with van der Waals surface area (Å²) in [6, 6.07) is 11.5. The lowest BCUT2D eigenvalue weighted by molar-refractivity contribution is -0.120. The van der Waals surface area contributed by atoms with Crippen LogP contribution in [-0.4, -0.2) is 45.1 Å². The van der Waals surface area contributed by atoms with E-state index in [2.05, 4.69) is 15.5 Å². The number of likely N-dealkylation sites (N-methyl/N-ethyl adjacent to an activating group) is 1. The average molecular weight is 331 g/mol. The van der Waals surface area contributed by atoms with Gasteiger partial charge in [0, 0.05) is 18.7 Å². The minimum absolute atomic E-state index is 0.0575. The zero-order chi connectivity index (χ0) is 17.4. The Morgan fingerprint density at radius 2 is 2.04 bits per heavy atom. The SMILES string of the molecule is COc1ccccc1CNC(=O)CNCC(c1ccco1)N(C)C. The predicted molar refractivity (Wildman–Crippen MR) is 92.8 cm³/mol. The second-order valence-corrected chi connectivity index (χ2v) is 5.71. The van der Waals surface area contributed by atoms with Gasteiger partial charge in [-0.15, -0.1) is 0 Å². The number of benzene rings is 1. The van der Waals surface area contributed by atoms with Gasteiger partial charge in [0.25, 0.3) is 0 Å². The van der Waals surface area contributed by atoms with Gasteiger partial charge < -0.3 is 19.8 Å². The first-order valence-electron chi connectivity index (χ1n) is 7.91. The van der Waals surface area contributed by atoms with Gasteiger partial charge in [0.05, 0.1) is 26.0 Å². The molecule has 2 N–H and O–H groups in total. The van der Waals surface area contributed by atoms with Gasteiger partial charge in [0.2, 0.25) is 5.91 Å². The summed E-state index contributed by atoms with van der Waals surface area (Å²) in [5, 5.41) is 6.07. The molecule has 0 radical (unpaired) electrons. The molecule has 0 saturated heterocycles. The Kier molecular flexibility index (Phi) is 6.84. The largest absolute Gasteiger partial charge is 0.496 e. The predicted octanol–water partition coefficient (Wildman–Crippen LogP) is 1.80. The van der Waals surface area contributed by atoms with Gasteiger partial charge in [-0.3, -0.25) is 9.69 Å². The Bertz CT molecular complexity index is 626. The molecule has 1 aromatic carbocycles. The van der Waals surface area contributed by atoms with E-state index in [1.807, 2.05) is 50.5 Å². The molecule has 6 heteroatoms. The Balaban J connectivity index is 1.76. The monoisotopic (exact) mass is 331 g/mol. The summed E-state index contributed by atoms with van der Waals surface area (Å²) in [5.74, 6) is 1.59. The molecule has 0 aliphatic carbocycles. The van der Waals surface area contributed by atoms with Crippen molar-refractivity contribution in [3.05, 3.63) is 54.0 Å². The molecule has 0 aliphatic heterocycles. The summed E-state index contributed by atoms with van der Waals surface area (Å²) >= 11 is 0. The normalized spacial score (nSPS) is 12.2. The number of para-hydroxylation sites is 1. The lowest BCUT2D eigenvalue weighted by Gasteiger charge is -2.22. The molecule has 1 atom stereocenters. The van der Waals surface area contributed by atoms with E-state index in [0.717, 1.165) is 17.1 Å². The molecule has 0 saturated carbocycles. The molecule has 1 amide bonds. The lowest BCUT2D eigenvalue weighted by atomic mass is 10.2. The number of furan rings is 1. The Labute approximate surface area is 142 Å². The average Bonchev–Trinajstić information content (AvgIpc) is 3.10. The molecule has 0 spiro atoms. The summed E-state index contributed by atoms with van der Waals surface area (Å²) in [6.07, 6.45) is 1.66. The fourth-order valence-electron chi connectivity index (χ4n) is 2.45. The molecule has 0 aliphatic rings. The van der Waals surface area contributed by atoms with Gasteiger partial charge in [0.1, 0.15) is 11.5 Å². The topological polar surface area (TPSA) is 66.7 Å². The van der Waals surface area contributed by atoms with Crippen LogP contribution in [-0.2, 0) is 11.3 Å². The van der Waals surface area contributed by atoms with Crippen molar-refractivity contribution in [2.45, 2.75) is 12.6 Å². The number of ether oxygens (including phenoxy) is 1. The van der Waals surface area contributed by atoms with E-state index in [0.29, 0.717) is 13.1 Å². The Morgan fingerprint density at radius 3 is 2.71 bits per heavy atom. The minimum Gasteiger partial charge on any atom is -0.496 e. The number of methoxy groups -OCH3 is 1. The zero-order valence-corrected chi connectivity index (χ0v) is 14.4. The summed E-state index contributed by atoms with van der Waals surface area (Å²) in [7, 11) is 5.59. The smallest absolute Gasteiger partial charge is 0.234 e. The molecule has 1 unspecified atom stereocenters. The summed E-state index contributed by atoms with van der Waals surface area (Å²) in [5.41, 5.74) is 0.954. The van der Waals surface area contributed by atoms with Crippen molar-refractivity contribution in [2.75, 3.05) is 34.3 Å². The highest BCUT2D eigenvalue weighted by Crippen LogP contribution is 2.18. The van der Waals surface area contributed by atoms with E-state index in [9.17, 15) is 4.79 Å². The van der Waals surface area contributed by atoms with Crippen molar-refractivity contribution >= 4 is 5.91 Å². The van der Waals surface area contributed by atoms with E-state index in [1.54, 1.807) is 13.4 Å². The van der Waals surface area contributed by atoms with Crippen LogP contribution in [0.1, 0.15) is 17.4 Å². The third kappa shape index (κ3) is 5.11. The molecule has 0 fully saturated rings. The van der Waals surface area contributed by atoms with Crippen molar-refractivity contribution in [1.29, 1.82) is 0 Å². The Hall–Kier alpha value is -2.31. The number of carbonyl (C=O) groups excluding carboxylic acids is 1. The van der Waals surface area contributed by atoms with Crippen molar-refractivity contribution in [2.24, 2.45) is 0 Å². The molecule has 1 aromatic heterocycles. The van der Waals surface area contributed by atoms with Crippen molar-refractivity contribution in [3.63, 3.8) is 0 Å². The van der Waals surface area contributed by atoms with Crippen molar-refractivity contribution in [1.82, 2.24) is 15.5 Å². The maximum atomic E-state index is 12.0. The maximum Gasteiger partial charge on any atom is 0.234 e. The molecule has 2 aromatic rings. The van der Waals surface area contributed by atoms with Gasteiger partial charge in [-0.25, -0.2) is 0 Å². The summed E-state index contributed by atoms with van der Waals surface area (Å²) in [6.45, 7) is 1.32. The van der Waals surface area contributed by atoms with Gasteiger partial charge in [0.15, 0.2) is 0 Å². The van der Waals surface area contributed by atoms with Crippen molar-refractivity contribution in [3.8, 4) is 5.75 Å². The van der Waals surface area contributed by atoms with Crippen molar-refractivity contribution < 1.29 is 13.9 Å². The zero-order valence-electron chi connectivity index (χ0n) is 14.4. The third-order valence-corrected chi connectivity index (χ3v) is 3.79. The number of nitrogens with one attached hydrogen (secondary N) is 2. The molecule has 6 nitrogen and oxygen atoms in total. The van der Waals surface area contributed by atoms with Crippen LogP contribution in [0.5, 0.6) is 5.75 Å². The molecule has 2 rings (SSSR count). The van der Waals surface area contributed by atoms with Crippen LogP contribution in [0.25, 0.3) is 0 Å². The van der Waals surface area contributed by atoms with Crippen LogP contribution in [0.15, 0.2) is 47.1 Å². The molecular formula is C18H25N3O3. The second kappa shape index (κ2) is 9.10. The van der Waals surface area contributed by atoms with Crippen LogP contribution in [0.4, 0.5) is 0 Å². The van der Waals surface area contributed by atoms with E-state index in [-0.39, 0.29) is 18.5 Å². The number of rotatable bonds is 9. The second-order valence-electron chi connectivity index (χ2n) is 5.71. The fraction of sp³-hybridized carbons (Fsp3) is 0.389. The standard InChI is InChI=1S/C18H25N3O3/c1-21(2)15(17-9-6-10-24-17)12-19-13-18(22)20-11-14-7-4-5-8-16(14)23-3/h4-10,15,19H,11-13H2,1-3H3,(H,20,22). The quantitative estimate of drug-likeness (QED) is 0.733. The number of hydrogen-bond donors (Lipinski definition) is 2. The van der Waals surface area contributed by atoms with Gasteiger partial charge in [-0.05, 0) is 32.3 Å². The fourth-order valence-corrected chi connectivity index (χ4v) is 2.45. The molecule has 24 heavy (non-hydrogen) atoms. The lowest BCUT2D eigenvalue weighted by Crippen LogP contribution is -2.38. The first-order chi connectivity index (χ1) is 11.6. The summed E-state index contributed by atoms with van der Waals surface area (Å²) < 4.78 is 10.7. The number of nitrogens with zero attached hydrogens (tertiary/aromatic N) is 1. The highest BCUT2D eigenvalue weighted by atomic mass is 16.5. The highest BCUT2D eigenvalue weighted by molar-refractivity contribution is 5.78. The number of hydrogen-bond acceptors (Lipinski definition) is 5. The molecule has 0 bridgehead atoms. The number of carbonyl (C=O) groups is 1. The third-order valence-electron chi connectivity index (χ3n) is 3.79. The van der Waals surface area contributed by atoms with Crippen LogP contribution >= 0.6 is 0 Å². The van der Waals surface area contributed by atoms with Crippen LogP contribution < -0.4 is 15.4 Å². The van der Waals surface area contributed by atoms with Gasteiger partial charge in [-0.1, -0.05) is 18.2 Å². The van der Waals surface area contributed by atoms with Gasteiger partial charge >= 0.3 is 0 Å². The Morgan fingerprint density at radius 1 is 1.25 bits per heavy atom. The minimum atomic E-state index is -0.0575. The molecular weight excluding hydrogens is 306 g/mol. The van der Waals surface area contributed by atoms with Crippen LogP contribution in [0, 0.1) is 0 Å². The maximum absolute atomic E-state index is 12.0. The molecule has 1 heterocycles. The number of amides is 1. The van der Waals surface area contributed by atoms with E-state index < -0.39 is 0 Å². The van der Waals surface area contributed by atoms with Gasteiger partial charge in [-0.2, -0.15) is 0 Å². The summed E-state index contributed by atoms with van der Waals surface area (Å²) in [4.78, 5) is 14.1. The molecule has 130 valence electrons. The van der Waals surface area contributed by atoms with E-state index >= 15 is 0 Å². The highest BCUT2D eigenvalue weighted by Gasteiger charge is 2.16. The van der Waals surface area contributed by atoms with E-state index in [4.69, 9.17) is 9.15 Å². The first-order valence-corrected chi connectivity index (χ1v) is 7.91. The van der Waals surface area contributed by atoms with E-state index in [1.165, 1.54) is 0 Å². The van der Waals surface area contributed by atoms with Crippen LogP contribution in [0.2, 0.25) is 0 Å².